The molecule has 0 aliphatic carbocycles. The van der Waals surface area contributed by atoms with Crippen molar-refractivity contribution in [3.8, 4) is 5.88 Å². The summed E-state index contributed by atoms with van der Waals surface area (Å²) in [5.41, 5.74) is 0.959. The van der Waals surface area contributed by atoms with Crippen molar-refractivity contribution in [3.05, 3.63) is 18.1 Å². The molecule has 1 aliphatic rings. The highest BCUT2D eigenvalue weighted by Gasteiger charge is 2.19. The van der Waals surface area contributed by atoms with Crippen molar-refractivity contribution >= 4 is 0 Å². The van der Waals surface area contributed by atoms with E-state index in [0.717, 1.165) is 25.2 Å². The molecule has 2 heterocycles. The molecule has 0 bridgehead atoms. The smallest absolute Gasteiger partial charge is 0.232 e. The second-order valence-electron chi connectivity index (χ2n) is 5.46. The number of hydrogen-bond acceptors (Lipinski definition) is 5. The highest BCUT2D eigenvalue weighted by atomic mass is 16.5. The molecule has 112 valence electrons. The van der Waals surface area contributed by atoms with Gasteiger partial charge in [-0.3, -0.25) is 4.98 Å². The Labute approximate surface area is 121 Å². The highest BCUT2D eigenvalue weighted by Crippen LogP contribution is 2.16. The van der Waals surface area contributed by atoms with Crippen LogP contribution in [0.15, 0.2) is 12.4 Å². The number of hydrogen-bond donors (Lipinski definition) is 1. The summed E-state index contributed by atoms with van der Waals surface area (Å²) in [7, 11) is 2.17. The number of rotatable bonds is 7. The third-order valence-electron chi connectivity index (χ3n) is 3.76. The van der Waals surface area contributed by atoms with E-state index in [9.17, 15) is 0 Å². The molecule has 1 atom stereocenters. The fourth-order valence-electron chi connectivity index (χ4n) is 2.44. The van der Waals surface area contributed by atoms with Gasteiger partial charge in [0.15, 0.2) is 0 Å². The van der Waals surface area contributed by atoms with Gasteiger partial charge in [-0.1, -0.05) is 13.3 Å². The minimum Gasteiger partial charge on any atom is -0.475 e. The number of aromatic nitrogens is 2. The summed E-state index contributed by atoms with van der Waals surface area (Å²) < 4.78 is 5.76. The fraction of sp³-hybridized carbons (Fsp3) is 0.733. The first kappa shape index (κ1) is 15.2. The molecule has 0 saturated carbocycles. The van der Waals surface area contributed by atoms with Crippen LogP contribution in [0, 0.1) is 0 Å². The van der Waals surface area contributed by atoms with Crippen LogP contribution in [-0.2, 0) is 6.54 Å². The van der Waals surface area contributed by atoms with Gasteiger partial charge >= 0.3 is 0 Å². The summed E-state index contributed by atoms with van der Waals surface area (Å²) in [6, 6.07) is 0.511. The van der Waals surface area contributed by atoms with E-state index in [1.54, 1.807) is 12.4 Å². The minimum absolute atomic E-state index is 0.511. The predicted molar refractivity (Wildman–Crippen MR) is 79.8 cm³/mol. The van der Waals surface area contributed by atoms with E-state index in [2.05, 4.69) is 34.2 Å². The van der Waals surface area contributed by atoms with E-state index in [1.807, 2.05) is 0 Å². The van der Waals surface area contributed by atoms with Gasteiger partial charge in [0.1, 0.15) is 6.61 Å². The van der Waals surface area contributed by atoms with E-state index in [4.69, 9.17) is 4.74 Å². The monoisotopic (exact) mass is 278 g/mol. The van der Waals surface area contributed by atoms with Crippen LogP contribution in [-0.4, -0.2) is 47.7 Å². The first-order chi connectivity index (χ1) is 9.79. The number of piperidine rings is 1. The predicted octanol–water partition coefficient (Wildman–Crippen LogP) is 1.84. The molecule has 1 aromatic rings. The zero-order valence-electron chi connectivity index (χ0n) is 12.6. The van der Waals surface area contributed by atoms with Crippen LogP contribution in [0.1, 0.15) is 38.3 Å². The van der Waals surface area contributed by atoms with Crippen LogP contribution >= 0.6 is 0 Å². The third kappa shape index (κ3) is 4.72. The van der Waals surface area contributed by atoms with Gasteiger partial charge < -0.3 is 15.0 Å². The van der Waals surface area contributed by atoms with Gasteiger partial charge in [-0.05, 0) is 39.4 Å². The molecule has 1 fully saturated rings. The Morgan fingerprint density at radius 1 is 1.35 bits per heavy atom. The molecule has 1 aliphatic heterocycles. The van der Waals surface area contributed by atoms with Crippen LogP contribution in [0.2, 0.25) is 0 Å². The Kier molecular flexibility index (Phi) is 6.21. The van der Waals surface area contributed by atoms with E-state index < -0.39 is 0 Å². The molecular weight excluding hydrogens is 252 g/mol. The van der Waals surface area contributed by atoms with Gasteiger partial charge in [-0.15, -0.1) is 0 Å². The fourth-order valence-corrected chi connectivity index (χ4v) is 2.44. The van der Waals surface area contributed by atoms with Crippen molar-refractivity contribution in [1.82, 2.24) is 20.2 Å². The second kappa shape index (κ2) is 8.17. The largest absolute Gasteiger partial charge is 0.475 e. The molecule has 5 nitrogen and oxygen atoms in total. The summed E-state index contributed by atoms with van der Waals surface area (Å²) >= 11 is 0. The van der Waals surface area contributed by atoms with Gasteiger partial charge in [0.05, 0.1) is 18.1 Å². The van der Waals surface area contributed by atoms with Crippen LogP contribution in [0.3, 0.4) is 0 Å². The molecule has 1 unspecified atom stereocenters. The minimum atomic E-state index is 0.511. The average molecular weight is 278 g/mol. The first-order valence-electron chi connectivity index (χ1n) is 7.64. The Morgan fingerprint density at radius 2 is 2.25 bits per heavy atom. The maximum Gasteiger partial charge on any atom is 0.232 e. The normalized spacial score (nSPS) is 20.0. The van der Waals surface area contributed by atoms with Crippen molar-refractivity contribution in [1.29, 1.82) is 0 Å². The van der Waals surface area contributed by atoms with Gasteiger partial charge in [-0.2, -0.15) is 0 Å². The zero-order valence-corrected chi connectivity index (χ0v) is 12.6. The number of likely N-dealkylation sites (N-methyl/N-ethyl adjacent to an activating group) is 1. The standard InChI is InChI=1S/C15H26N4O/c1-3-7-16-9-13-10-18-15(11-17-13)20-12-14-6-4-5-8-19(14)2/h10-11,14,16H,3-9,12H2,1-2H3. The summed E-state index contributed by atoms with van der Waals surface area (Å²) in [5.74, 6) is 0.628. The molecule has 0 amide bonds. The number of likely N-dealkylation sites (tertiary alicyclic amines) is 1. The first-order valence-corrected chi connectivity index (χ1v) is 7.64. The molecule has 2 rings (SSSR count). The second-order valence-corrected chi connectivity index (χ2v) is 5.46. The quantitative estimate of drug-likeness (QED) is 0.771. The molecular formula is C15H26N4O. The molecule has 0 spiro atoms. The number of nitrogens with zero attached hydrogens (tertiary/aromatic N) is 3. The Hall–Kier alpha value is -1.20. The third-order valence-corrected chi connectivity index (χ3v) is 3.76. The van der Waals surface area contributed by atoms with Crippen molar-refractivity contribution in [3.63, 3.8) is 0 Å². The zero-order chi connectivity index (χ0) is 14.2. The average Bonchev–Trinajstić information content (AvgIpc) is 2.48. The molecule has 0 radical (unpaired) electrons. The molecule has 5 heteroatoms. The molecule has 1 saturated heterocycles. The maximum absolute atomic E-state index is 5.76. The lowest BCUT2D eigenvalue weighted by Crippen LogP contribution is -2.40. The van der Waals surface area contributed by atoms with Gasteiger partial charge in [0.2, 0.25) is 5.88 Å². The number of nitrogens with one attached hydrogen (secondary N) is 1. The Bertz CT molecular complexity index is 382. The summed E-state index contributed by atoms with van der Waals surface area (Å²) in [6.07, 6.45) is 8.46. The molecule has 0 aromatic carbocycles. The summed E-state index contributed by atoms with van der Waals surface area (Å²) in [5, 5.41) is 3.31. The van der Waals surface area contributed by atoms with Gasteiger partial charge in [0, 0.05) is 12.6 Å². The summed E-state index contributed by atoms with van der Waals surface area (Å²) in [6.45, 7) is 5.80. The molecule has 1 N–H and O–H groups in total. The lowest BCUT2D eigenvalue weighted by molar-refractivity contribution is 0.122. The van der Waals surface area contributed by atoms with Crippen molar-refractivity contribution < 1.29 is 4.74 Å². The topological polar surface area (TPSA) is 50.3 Å². The van der Waals surface area contributed by atoms with E-state index in [-0.39, 0.29) is 0 Å². The molecule has 20 heavy (non-hydrogen) atoms. The van der Waals surface area contributed by atoms with Crippen LogP contribution < -0.4 is 10.1 Å². The van der Waals surface area contributed by atoms with Gasteiger partial charge in [0.25, 0.3) is 0 Å². The Morgan fingerprint density at radius 3 is 2.95 bits per heavy atom. The van der Waals surface area contributed by atoms with Crippen LogP contribution in [0.4, 0.5) is 0 Å². The lowest BCUT2D eigenvalue weighted by atomic mass is 10.0. The van der Waals surface area contributed by atoms with Crippen LogP contribution in [0.25, 0.3) is 0 Å². The summed E-state index contributed by atoms with van der Waals surface area (Å²) in [4.78, 5) is 11.1. The van der Waals surface area contributed by atoms with Crippen molar-refractivity contribution in [2.24, 2.45) is 0 Å². The van der Waals surface area contributed by atoms with Crippen molar-refractivity contribution in [2.45, 2.75) is 45.2 Å². The number of ether oxygens (including phenoxy) is 1. The Balaban J connectivity index is 1.75. The molecule has 1 aromatic heterocycles. The van der Waals surface area contributed by atoms with Crippen molar-refractivity contribution in [2.75, 3.05) is 26.7 Å². The van der Waals surface area contributed by atoms with Gasteiger partial charge in [-0.25, -0.2) is 4.98 Å². The highest BCUT2D eigenvalue weighted by molar-refractivity contribution is 5.07. The SMILES string of the molecule is CCCNCc1cnc(OCC2CCCCN2C)cn1. The maximum atomic E-state index is 5.76. The van der Waals surface area contributed by atoms with Crippen LogP contribution in [0.5, 0.6) is 5.88 Å². The lowest BCUT2D eigenvalue weighted by Gasteiger charge is -2.31. The van der Waals surface area contributed by atoms with E-state index >= 15 is 0 Å². The van der Waals surface area contributed by atoms with E-state index in [0.29, 0.717) is 18.5 Å². The van der Waals surface area contributed by atoms with E-state index in [1.165, 1.54) is 25.8 Å².